The van der Waals surface area contributed by atoms with Crippen molar-refractivity contribution in [2.75, 3.05) is 10.6 Å². The van der Waals surface area contributed by atoms with E-state index in [0.717, 1.165) is 11.4 Å². The van der Waals surface area contributed by atoms with Crippen molar-refractivity contribution in [1.29, 1.82) is 0 Å². The van der Waals surface area contributed by atoms with Crippen LogP contribution in [0.4, 0.5) is 11.5 Å². The quantitative estimate of drug-likeness (QED) is 0.696. The van der Waals surface area contributed by atoms with Gasteiger partial charge in [-0.05, 0) is 46.9 Å². The smallest absolute Gasteiger partial charge is 0.255 e. The minimum Gasteiger partial charge on any atom is -0.366 e. The molecule has 1 amide bonds. The molecule has 0 aliphatic carbocycles. The summed E-state index contributed by atoms with van der Waals surface area (Å²) in [6.45, 7) is 7.10. The number of amides is 1. The molecule has 0 saturated heterocycles. The van der Waals surface area contributed by atoms with Crippen LogP contribution in [-0.2, 0) is 12.0 Å². The summed E-state index contributed by atoms with van der Waals surface area (Å²) in [4.78, 5) is 20.8. The number of hydrogen-bond donors (Lipinski definition) is 2. The summed E-state index contributed by atoms with van der Waals surface area (Å²) in [6.07, 6.45) is 5.20. The lowest BCUT2D eigenvalue weighted by molar-refractivity contribution is 0.102. The van der Waals surface area contributed by atoms with Crippen molar-refractivity contribution in [1.82, 2.24) is 9.97 Å². The molecule has 0 unspecified atom stereocenters. The van der Waals surface area contributed by atoms with Gasteiger partial charge >= 0.3 is 0 Å². The molecule has 2 heterocycles. The molecule has 5 nitrogen and oxygen atoms in total. The van der Waals surface area contributed by atoms with Gasteiger partial charge in [-0.3, -0.25) is 9.78 Å². The lowest BCUT2D eigenvalue weighted by Gasteiger charge is -2.19. The number of rotatable bonds is 5. The van der Waals surface area contributed by atoms with Crippen LogP contribution < -0.4 is 10.6 Å². The topological polar surface area (TPSA) is 66.9 Å². The van der Waals surface area contributed by atoms with Crippen LogP contribution in [0.2, 0.25) is 0 Å². The molecule has 1 aromatic carbocycles. The largest absolute Gasteiger partial charge is 0.366 e. The number of nitrogens with one attached hydrogen (secondary N) is 2. The average molecular weight is 360 g/mol. The molecule has 3 rings (SSSR count). The minimum atomic E-state index is -0.145. The highest BCUT2D eigenvalue weighted by Gasteiger charge is 2.14. The number of pyridine rings is 2. The highest BCUT2D eigenvalue weighted by molar-refractivity contribution is 6.04. The lowest BCUT2D eigenvalue weighted by atomic mass is 9.87. The fourth-order valence-corrected chi connectivity index (χ4v) is 2.59. The maximum absolute atomic E-state index is 12.4. The summed E-state index contributed by atoms with van der Waals surface area (Å²) < 4.78 is 0. The van der Waals surface area contributed by atoms with E-state index >= 15 is 0 Å². The molecule has 0 aliphatic heterocycles. The minimum absolute atomic E-state index is 0.0670. The van der Waals surface area contributed by atoms with Gasteiger partial charge in [0.05, 0.1) is 11.9 Å². The van der Waals surface area contributed by atoms with E-state index in [-0.39, 0.29) is 11.3 Å². The van der Waals surface area contributed by atoms with Gasteiger partial charge in [-0.2, -0.15) is 0 Å². The first kappa shape index (κ1) is 18.6. The first-order valence-corrected chi connectivity index (χ1v) is 8.92. The zero-order valence-corrected chi connectivity index (χ0v) is 15.9. The highest BCUT2D eigenvalue weighted by Crippen LogP contribution is 2.22. The molecule has 3 aromatic rings. The van der Waals surface area contributed by atoms with E-state index in [2.05, 4.69) is 41.4 Å². The second-order valence-electron chi connectivity index (χ2n) is 7.43. The van der Waals surface area contributed by atoms with Crippen molar-refractivity contribution < 1.29 is 4.79 Å². The molecule has 0 spiro atoms. The Morgan fingerprint density at radius 3 is 2.37 bits per heavy atom. The predicted octanol–water partition coefficient (Wildman–Crippen LogP) is 4.64. The number of hydrogen-bond acceptors (Lipinski definition) is 4. The van der Waals surface area contributed by atoms with E-state index in [4.69, 9.17) is 0 Å². The predicted molar refractivity (Wildman–Crippen MR) is 109 cm³/mol. The van der Waals surface area contributed by atoms with E-state index in [9.17, 15) is 4.79 Å². The zero-order chi connectivity index (χ0) is 19.3. The molecule has 0 fully saturated rings. The van der Waals surface area contributed by atoms with Gasteiger partial charge in [-0.1, -0.05) is 39.0 Å². The van der Waals surface area contributed by atoms with Crippen molar-refractivity contribution in [3.63, 3.8) is 0 Å². The zero-order valence-electron chi connectivity index (χ0n) is 15.9. The first-order valence-electron chi connectivity index (χ1n) is 8.92. The molecular weight excluding hydrogens is 336 g/mol. The standard InChI is InChI=1S/C22H24N4O/c1-22(2,3)18-8-6-17(7-9-18)21(27)26-19-10-11-20(25-15-19)24-14-16-5-4-12-23-13-16/h4-13,15H,14H2,1-3H3,(H,24,25)(H,26,27). The maximum atomic E-state index is 12.4. The van der Waals surface area contributed by atoms with E-state index in [1.807, 2.05) is 54.7 Å². The van der Waals surface area contributed by atoms with Gasteiger partial charge in [0.2, 0.25) is 0 Å². The summed E-state index contributed by atoms with van der Waals surface area (Å²) in [5.41, 5.74) is 3.63. The van der Waals surface area contributed by atoms with Crippen LogP contribution >= 0.6 is 0 Å². The molecule has 0 saturated carbocycles. The summed E-state index contributed by atoms with van der Waals surface area (Å²) in [5.74, 6) is 0.597. The Balaban J connectivity index is 1.58. The Hall–Kier alpha value is -3.21. The SMILES string of the molecule is CC(C)(C)c1ccc(C(=O)Nc2ccc(NCc3cccnc3)nc2)cc1. The first-order chi connectivity index (χ1) is 12.9. The second kappa shape index (κ2) is 7.99. The molecule has 0 aliphatic rings. The summed E-state index contributed by atoms with van der Waals surface area (Å²) in [7, 11) is 0. The number of anilines is 2. The van der Waals surface area contributed by atoms with Gasteiger partial charge in [0.1, 0.15) is 5.82 Å². The van der Waals surface area contributed by atoms with Crippen LogP contribution in [0.5, 0.6) is 0 Å². The molecule has 2 N–H and O–H groups in total. The highest BCUT2D eigenvalue weighted by atomic mass is 16.1. The molecule has 0 radical (unpaired) electrons. The molecule has 5 heteroatoms. The van der Waals surface area contributed by atoms with Crippen LogP contribution in [-0.4, -0.2) is 15.9 Å². The number of aromatic nitrogens is 2. The molecule has 0 bridgehead atoms. The molecular formula is C22H24N4O. The third kappa shape index (κ3) is 5.14. The Bertz CT molecular complexity index is 882. The van der Waals surface area contributed by atoms with E-state index < -0.39 is 0 Å². The third-order valence-corrected chi connectivity index (χ3v) is 4.23. The average Bonchev–Trinajstić information content (AvgIpc) is 2.68. The number of carbonyl (C=O) groups excluding carboxylic acids is 1. The lowest BCUT2D eigenvalue weighted by Crippen LogP contribution is -2.14. The van der Waals surface area contributed by atoms with Gasteiger partial charge < -0.3 is 10.6 Å². The van der Waals surface area contributed by atoms with E-state index in [1.54, 1.807) is 12.4 Å². The second-order valence-corrected chi connectivity index (χ2v) is 7.43. The third-order valence-electron chi connectivity index (χ3n) is 4.23. The Morgan fingerprint density at radius 1 is 1.00 bits per heavy atom. The normalized spacial score (nSPS) is 11.1. The molecule has 27 heavy (non-hydrogen) atoms. The Labute approximate surface area is 159 Å². The monoisotopic (exact) mass is 360 g/mol. The van der Waals surface area contributed by atoms with E-state index in [1.165, 1.54) is 5.56 Å². The van der Waals surface area contributed by atoms with Gasteiger partial charge in [0, 0.05) is 24.5 Å². The van der Waals surface area contributed by atoms with Crippen molar-refractivity contribution in [3.8, 4) is 0 Å². The van der Waals surface area contributed by atoms with Gasteiger partial charge in [0.25, 0.3) is 5.91 Å². The van der Waals surface area contributed by atoms with Gasteiger partial charge in [-0.25, -0.2) is 4.98 Å². The Morgan fingerprint density at radius 2 is 1.78 bits per heavy atom. The molecule has 0 atom stereocenters. The Kier molecular flexibility index (Phi) is 5.50. The molecule has 2 aromatic heterocycles. The number of carbonyl (C=O) groups is 1. The van der Waals surface area contributed by atoms with Crippen LogP contribution in [0.15, 0.2) is 67.1 Å². The van der Waals surface area contributed by atoms with Crippen molar-refractivity contribution >= 4 is 17.4 Å². The van der Waals surface area contributed by atoms with Crippen molar-refractivity contribution in [3.05, 3.63) is 83.8 Å². The summed E-state index contributed by atoms with van der Waals surface area (Å²) in [5, 5.41) is 6.11. The number of nitrogens with zero attached hydrogens (tertiary/aromatic N) is 2. The summed E-state index contributed by atoms with van der Waals surface area (Å²) >= 11 is 0. The van der Waals surface area contributed by atoms with Crippen LogP contribution in [0.1, 0.15) is 42.3 Å². The van der Waals surface area contributed by atoms with Crippen molar-refractivity contribution in [2.45, 2.75) is 32.7 Å². The van der Waals surface area contributed by atoms with Crippen LogP contribution in [0.25, 0.3) is 0 Å². The van der Waals surface area contributed by atoms with Gasteiger partial charge in [0.15, 0.2) is 0 Å². The molecule has 138 valence electrons. The van der Waals surface area contributed by atoms with Crippen molar-refractivity contribution in [2.24, 2.45) is 0 Å². The van der Waals surface area contributed by atoms with Crippen LogP contribution in [0, 0.1) is 0 Å². The van der Waals surface area contributed by atoms with Gasteiger partial charge in [-0.15, -0.1) is 0 Å². The maximum Gasteiger partial charge on any atom is 0.255 e. The fourth-order valence-electron chi connectivity index (χ4n) is 2.59. The van der Waals surface area contributed by atoms with E-state index in [0.29, 0.717) is 17.8 Å². The summed E-state index contributed by atoms with van der Waals surface area (Å²) in [6, 6.07) is 15.3. The number of benzene rings is 1. The van der Waals surface area contributed by atoms with Crippen LogP contribution in [0.3, 0.4) is 0 Å². The fraction of sp³-hybridized carbons (Fsp3) is 0.227.